The number of fused-ring (bicyclic) bond motifs is 1. The molecule has 0 saturated heterocycles. The fourth-order valence-electron chi connectivity index (χ4n) is 5.22. The molecule has 0 unspecified atom stereocenters. The highest BCUT2D eigenvalue weighted by Crippen LogP contribution is 2.38. The number of rotatable bonds is 10. The van der Waals surface area contributed by atoms with Gasteiger partial charge in [-0.1, -0.05) is 37.5 Å². The Morgan fingerprint density at radius 2 is 1.73 bits per heavy atom. The molecule has 0 radical (unpaired) electrons. The summed E-state index contributed by atoms with van der Waals surface area (Å²) in [6.07, 6.45) is 6.83. The Kier molecular flexibility index (Phi) is 9.08. The number of nitrogens with one attached hydrogen (secondary N) is 2. The van der Waals surface area contributed by atoms with Gasteiger partial charge in [-0.15, -0.1) is 0 Å². The van der Waals surface area contributed by atoms with Crippen LogP contribution in [0.5, 0.6) is 11.5 Å². The third-order valence-electron chi connectivity index (χ3n) is 7.27. The van der Waals surface area contributed by atoms with Crippen LogP contribution in [-0.4, -0.2) is 35.5 Å². The van der Waals surface area contributed by atoms with E-state index in [1.165, 1.54) is 29.2 Å². The molecule has 1 saturated carbocycles. The van der Waals surface area contributed by atoms with Gasteiger partial charge in [0, 0.05) is 36.8 Å². The number of anilines is 2. The number of hydrogen-bond donors (Lipinski definition) is 2. The Labute approximate surface area is 238 Å². The molecule has 2 heterocycles. The van der Waals surface area contributed by atoms with Gasteiger partial charge in [-0.25, -0.2) is 9.37 Å². The van der Waals surface area contributed by atoms with Crippen LogP contribution in [-0.2, 0) is 14.4 Å². The zero-order valence-corrected chi connectivity index (χ0v) is 22.7. The molecule has 2 N–H and O–H groups in total. The maximum Gasteiger partial charge on any atom is 0.248 e. The van der Waals surface area contributed by atoms with E-state index in [2.05, 4.69) is 15.6 Å². The zero-order chi connectivity index (χ0) is 28.6. The number of ether oxygens (including phenoxy) is 2. The largest absolute Gasteiger partial charge is 0.454 e. The van der Waals surface area contributed by atoms with Gasteiger partial charge in [0.2, 0.25) is 24.5 Å². The zero-order valence-electron chi connectivity index (χ0n) is 22.7. The molecule has 3 amide bonds. The number of aromatic nitrogens is 1. The van der Waals surface area contributed by atoms with Crippen molar-refractivity contribution in [1.29, 1.82) is 0 Å². The summed E-state index contributed by atoms with van der Waals surface area (Å²) in [5, 5.41) is 5.85. The molecular weight excluding hydrogens is 527 g/mol. The number of hydrogen-bond acceptors (Lipinski definition) is 6. The number of carbonyl (C=O) groups is 3. The van der Waals surface area contributed by atoms with Crippen molar-refractivity contribution >= 4 is 29.2 Å². The maximum atomic E-state index is 13.9. The first-order valence-corrected chi connectivity index (χ1v) is 14.0. The number of halogens is 1. The third kappa shape index (κ3) is 7.19. The molecule has 2 aromatic carbocycles. The quantitative estimate of drug-likeness (QED) is 0.349. The van der Waals surface area contributed by atoms with E-state index in [1.807, 2.05) is 0 Å². The molecular formula is C31H33FN4O5. The van der Waals surface area contributed by atoms with Gasteiger partial charge in [-0.3, -0.25) is 19.3 Å². The second-order valence-corrected chi connectivity index (χ2v) is 10.2. The van der Waals surface area contributed by atoms with Crippen molar-refractivity contribution in [3.05, 3.63) is 78.2 Å². The molecule has 1 aliphatic carbocycles. The predicted molar refractivity (Wildman–Crippen MR) is 151 cm³/mol. The summed E-state index contributed by atoms with van der Waals surface area (Å²) in [5.41, 5.74) is 0.906. The second kappa shape index (κ2) is 13.3. The lowest BCUT2D eigenvalue weighted by Gasteiger charge is -2.33. The first-order chi connectivity index (χ1) is 20.0. The van der Waals surface area contributed by atoms with Crippen LogP contribution >= 0.6 is 0 Å². The van der Waals surface area contributed by atoms with Crippen molar-refractivity contribution in [2.45, 2.75) is 63.5 Å². The Balaban J connectivity index is 1.40. The molecule has 2 aliphatic rings. The minimum atomic E-state index is -1.06. The van der Waals surface area contributed by atoms with E-state index in [9.17, 15) is 18.8 Å². The fraction of sp³-hybridized carbons (Fsp3) is 0.355. The topological polar surface area (TPSA) is 110 Å². The lowest BCUT2D eigenvalue weighted by molar-refractivity contribution is -0.127. The standard InChI is InChI=1S/C31H33FN4O5/c32-22-14-12-21(13-15-22)30(31(39)34-23-7-2-1-3-8-23)36(24-16-17-25-26(19-24)41-20-40-25)29(38)11-6-10-28(37)35-27-9-4-5-18-33-27/h4-5,9,12-19,23,30H,1-3,6-8,10-11,20H2,(H,34,39)(H,33,35,37)/t30-/m1/s1. The van der Waals surface area contributed by atoms with Gasteiger partial charge in [0.1, 0.15) is 17.7 Å². The van der Waals surface area contributed by atoms with Crippen molar-refractivity contribution in [3.8, 4) is 11.5 Å². The lowest BCUT2D eigenvalue weighted by Crippen LogP contribution is -2.47. The van der Waals surface area contributed by atoms with Gasteiger partial charge in [-0.2, -0.15) is 0 Å². The first kappa shape index (κ1) is 28.1. The van der Waals surface area contributed by atoms with E-state index in [-0.39, 0.29) is 49.8 Å². The Morgan fingerprint density at radius 3 is 2.49 bits per heavy atom. The Bertz CT molecular complexity index is 1360. The van der Waals surface area contributed by atoms with Crippen molar-refractivity contribution in [3.63, 3.8) is 0 Å². The summed E-state index contributed by atoms with van der Waals surface area (Å²) in [6.45, 7) is 0.0572. The monoisotopic (exact) mass is 560 g/mol. The average Bonchev–Trinajstić information content (AvgIpc) is 3.45. The highest BCUT2D eigenvalue weighted by molar-refractivity contribution is 6.02. The van der Waals surface area contributed by atoms with Crippen molar-refractivity contribution in [2.24, 2.45) is 0 Å². The van der Waals surface area contributed by atoms with Crippen LogP contribution in [0.1, 0.15) is 63.0 Å². The molecule has 1 atom stereocenters. The highest BCUT2D eigenvalue weighted by Gasteiger charge is 2.34. The summed E-state index contributed by atoms with van der Waals surface area (Å²) < 4.78 is 24.9. The number of carbonyl (C=O) groups excluding carboxylic acids is 3. The first-order valence-electron chi connectivity index (χ1n) is 14.0. The van der Waals surface area contributed by atoms with E-state index in [4.69, 9.17) is 9.47 Å². The van der Waals surface area contributed by atoms with Crippen LogP contribution in [0.25, 0.3) is 0 Å². The van der Waals surface area contributed by atoms with Crippen LogP contribution < -0.4 is 25.0 Å². The van der Waals surface area contributed by atoms with Crippen LogP contribution in [0.3, 0.4) is 0 Å². The SMILES string of the molecule is O=C(CCCC(=O)N(c1ccc2c(c1)OCO2)[C@@H](C(=O)NC1CCCCC1)c1ccc(F)cc1)Nc1ccccn1. The molecule has 0 spiro atoms. The van der Waals surface area contributed by atoms with Crippen molar-refractivity contribution in [1.82, 2.24) is 10.3 Å². The number of pyridine rings is 1. The number of nitrogens with zero attached hydrogens (tertiary/aromatic N) is 2. The normalized spacial score (nSPS) is 15.1. The smallest absolute Gasteiger partial charge is 0.248 e. The summed E-state index contributed by atoms with van der Waals surface area (Å²) in [4.78, 5) is 45.8. The molecule has 1 aliphatic heterocycles. The van der Waals surface area contributed by atoms with Crippen LogP contribution in [0.2, 0.25) is 0 Å². The molecule has 1 aromatic heterocycles. The van der Waals surface area contributed by atoms with Gasteiger partial charge < -0.3 is 20.1 Å². The highest BCUT2D eigenvalue weighted by atomic mass is 19.1. The Morgan fingerprint density at radius 1 is 0.951 bits per heavy atom. The van der Waals surface area contributed by atoms with Gasteiger partial charge in [0.25, 0.3) is 0 Å². The molecule has 1 fully saturated rings. The predicted octanol–water partition coefficient (Wildman–Crippen LogP) is 5.28. The molecule has 41 heavy (non-hydrogen) atoms. The molecule has 0 bridgehead atoms. The second-order valence-electron chi connectivity index (χ2n) is 10.2. The van der Waals surface area contributed by atoms with Gasteiger partial charge in [0.15, 0.2) is 11.5 Å². The van der Waals surface area contributed by atoms with Crippen LogP contribution in [0.15, 0.2) is 66.9 Å². The summed E-state index contributed by atoms with van der Waals surface area (Å²) in [7, 11) is 0. The van der Waals surface area contributed by atoms with Gasteiger partial charge in [0.05, 0.1) is 0 Å². The maximum absolute atomic E-state index is 13.9. The number of benzene rings is 2. The number of amides is 3. The Hall–Kier alpha value is -4.47. The van der Waals surface area contributed by atoms with E-state index < -0.39 is 11.9 Å². The molecule has 5 rings (SSSR count). The van der Waals surface area contributed by atoms with Crippen molar-refractivity contribution < 1.29 is 28.2 Å². The van der Waals surface area contributed by atoms with E-state index in [1.54, 1.807) is 42.6 Å². The van der Waals surface area contributed by atoms with Crippen LogP contribution in [0, 0.1) is 5.82 Å². The van der Waals surface area contributed by atoms with E-state index in [0.717, 1.165) is 32.1 Å². The van der Waals surface area contributed by atoms with Gasteiger partial charge >= 0.3 is 0 Å². The summed E-state index contributed by atoms with van der Waals surface area (Å²) in [6, 6.07) is 14.8. The van der Waals surface area contributed by atoms with E-state index in [0.29, 0.717) is 28.6 Å². The average molecular weight is 561 g/mol. The summed E-state index contributed by atoms with van der Waals surface area (Å²) in [5.74, 6) is 0.0147. The summed E-state index contributed by atoms with van der Waals surface area (Å²) >= 11 is 0. The van der Waals surface area contributed by atoms with Gasteiger partial charge in [-0.05, 0) is 61.2 Å². The third-order valence-corrected chi connectivity index (χ3v) is 7.27. The lowest BCUT2D eigenvalue weighted by atomic mass is 9.94. The minimum Gasteiger partial charge on any atom is -0.454 e. The minimum absolute atomic E-state index is 0.00150. The fourth-order valence-corrected chi connectivity index (χ4v) is 5.22. The van der Waals surface area contributed by atoms with E-state index >= 15 is 0 Å². The molecule has 9 nitrogen and oxygen atoms in total. The molecule has 3 aromatic rings. The van der Waals surface area contributed by atoms with Crippen LogP contribution in [0.4, 0.5) is 15.9 Å². The van der Waals surface area contributed by atoms with Crippen molar-refractivity contribution in [2.75, 3.05) is 17.0 Å². The molecule has 10 heteroatoms. The molecule has 214 valence electrons.